The van der Waals surface area contributed by atoms with Crippen molar-refractivity contribution in [3.63, 3.8) is 0 Å². The predicted molar refractivity (Wildman–Crippen MR) is 75.3 cm³/mol. The second-order valence-electron chi connectivity index (χ2n) is 5.06. The molecule has 0 N–H and O–H groups in total. The van der Waals surface area contributed by atoms with Gasteiger partial charge in [-0.05, 0) is 49.3 Å². The van der Waals surface area contributed by atoms with E-state index in [1.165, 1.54) is 11.1 Å². The smallest absolute Gasteiger partial charge is 0.0717 e. The number of pyridine rings is 1. The molecule has 2 rings (SSSR count). The highest BCUT2D eigenvalue weighted by Gasteiger charge is 2.31. The van der Waals surface area contributed by atoms with Gasteiger partial charge >= 0.3 is 0 Å². The first-order valence-corrected chi connectivity index (χ1v) is 7.03. The molecular formula is C16H23NO. The molecule has 1 unspecified atom stereocenters. The fourth-order valence-corrected chi connectivity index (χ4v) is 2.56. The molecule has 0 aliphatic heterocycles. The van der Waals surface area contributed by atoms with E-state index in [0.717, 1.165) is 38.7 Å². The van der Waals surface area contributed by atoms with Crippen molar-refractivity contribution < 1.29 is 4.74 Å². The molecule has 0 aromatic carbocycles. The maximum atomic E-state index is 6.09. The number of allylic oxidation sites excluding steroid dienone is 1. The average molecular weight is 245 g/mol. The minimum absolute atomic E-state index is 0.0850. The number of aromatic nitrogens is 1. The van der Waals surface area contributed by atoms with E-state index in [4.69, 9.17) is 4.74 Å². The van der Waals surface area contributed by atoms with Gasteiger partial charge in [0.1, 0.15) is 0 Å². The molecule has 98 valence electrons. The van der Waals surface area contributed by atoms with Crippen LogP contribution in [0.1, 0.15) is 51.5 Å². The Morgan fingerprint density at radius 1 is 1.39 bits per heavy atom. The van der Waals surface area contributed by atoms with Crippen LogP contribution in [-0.4, -0.2) is 17.2 Å². The van der Waals surface area contributed by atoms with E-state index >= 15 is 0 Å². The highest BCUT2D eigenvalue weighted by molar-refractivity contribution is 5.65. The van der Waals surface area contributed by atoms with Crippen LogP contribution in [0.3, 0.4) is 0 Å². The lowest BCUT2D eigenvalue weighted by molar-refractivity contribution is -0.0533. The lowest BCUT2D eigenvalue weighted by atomic mass is 9.81. The van der Waals surface area contributed by atoms with E-state index in [2.05, 4.69) is 31.0 Å². The van der Waals surface area contributed by atoms with Crippen molar-refractivity contribution in [2.45, 2.75) is 51.6 Å². The van der Waals surface area contributed by atoms with Crippen LogP contribution in [-0.2, 0) is 4.74 Å². The van der Waals surface area contributed by atoms with Crippen molar-refractivity contribution in [1.82, 2.24) is 4.98 Å². The summed E-state index contributed by atoms with van der Waals surface area (Å²) in [5.41, 5.74) is 2.77. The van der Waals surface area contributed by atoms with Crippen molar-refractivity contribution in [3.8, 4) is 0 Å². The standard InChI is InChI=1S/C16H23NO/c1-3-12-18-16(4-2)9-7-14(8-10-16)15-6-5-11-17-13-15/h5-7,11,13H,3-4,8-10,12H2,1-2H3. The molecule has 0 bridgehead atoms. The average Bonchev–Trinajstić information content (AvgIpc) is 2.47. The van der Waals surface area contributed by atoms with Gasteiger partial charge in [0.05, 0.1) is 5.60 Å². The first-order valence-electron chi connectivity index (χ1n) is 7.03. The predicted octanol–water partition coefficient (Wildman–Crippen LogP) is 4.22. The summed E-state index contributed by atoms with van der Waals surface area (Å²) in [5.74, 6) is 0. The first-order chi connectivity index (χ1) is 8.79. The third-order valence-corrected chi connectivity index (χ3v) is 3.86. The Kier molecular flexibility index (Phi) is 4.54. The van der Waals surface area contributed by atoms with Crippen molar-refractivity contribution in [3.05, 3.63) is 36.2 Å². The summed E-state index contributed by atoms with van der Waals surface area (Å²) < 4.78 is 6.09. The van der Waals surface area contributed by atoms with Crippen LogP contribution < -0.4 is 0 Å². The van der Waals surface area contributed by atoms with E-state index in [1.807, 2.05) is 18.5 Å². The fraction of sp³-hybridized carbons (Fsp3) is 0.562. The van der Waals surface area contributed by atoms with Crippen LogP contribution in [0.15, 0.2) is 30.6 Å². The number of hydrogen-bond acceptors (Lipinski definition) is 2. The molecule has 0 saturated carbocycles. The summed E-state index contributed by atoms with van der Waals surface area (Å²) in [7, 11) is 0. The molecule has 1 atom stereocenters. The van der Waals surface area contributed by atoms with E-state index < -0.39 is 0 Å². The summed E-state index contributed by atoms with van der Waals surface area (Å²) in [6.45, 7) is 5.28. The Morgan fingerprint density at radius 2 is 2.28 bits per heavy atom. The number of nitrogens with zero attached hydrogens (tertiary/aromatic N) is 1. The van der Waals surface area contributed by atoms with Crippen LogP contribution in [0.2, 0.25) is 0 Å². The maximum absolute atomic E-state index is 6.09. The van der Waals surface area contributed by atoms with E-state index in [-0.39, 0.29) is 5.60 Å². The van der Waals surface area contributed by atoms with Gasteiger partial charge in [0.15, 0.2) is 0 Å². The van der Waals surface area contributed by atoms with Gasteiger partial charge in [-0.25, -0.2) is 0 Å². The van der Waals surface area contributed by atoms with Crippen molar-refractivity contribution in [2.75, 3.05) is 6.61 Å². The second kappa shape index (κ2) is 6.14. The molecule has 0 fully saturated rings. The second-order valence-corrected chi connectivity index (χ2v) is 5.06. The summed E-state index contributed by atoms with van der Waals surface area (Å²) in [4.78, 5) is 4.19. The highest BCUT2D eigenvalue weighted by atomic mass is 16.5. The Balaban J connectivity index is 2.06. The topological polar surface area (TPSA) is 22.1 Å². The fourth-order valence-electron chi connectivity index (χ4n) is 2.56. The lowest BCUT2D eigenvalue weighted by Crippen LogP contribution is -2.33. The zero-order valence-corrected chi connectivity index (χ0v) is 11.5. The molecule has 18 heavy (non-hydrogen) atoms. The van der Waals surface area contributed by atoms with E-state index in [9.17, 15) is 0 Å². The van der Waals surface area contributed by atoms with E-state index in [1.54, 1.807) is 0 Å². The molecule has 2 heteroatoms. The van der Waals surface area contributed by atoms with Crippen molar-refractivity contribution in [1.29, 1.82) is 0 Å². The van der Waals surface area contributed by atoms with Gasteiger partial charge in [0, 0.05) is 19.0 Å². The molecule has 2 nitrogen and oxygen atoms in total. The Labute approximate surface area is 110 Å². The molecule has 0 amide bonds. The molecule has 0 saturated heterocycles. The zero-order chi connectivity index (χ0) is 12.8. The van der Waals surface area contributed by atoms with Crippen LogP contribution >= 0.6 is 0 Å². The largest absolute Gasteiger partial charge is 0.375 e. The van der Waals surface area contributed by atoms with Gasteiger partial charge in [-0.2, -0.15) is 0 Å². The van der Waals surface area contributed by atoms with Crippen LogP contribution in [0.4, 0.5) is 0 Å². The molecule has 1 aliphatic carbocycles. The third kappa shape index (κ3) is 2.99. The molecular weight excluding hydrogens is 222 g/mol. The summed E-state index contributed by atoms with van der Waals surface area (Å²) in [6, 6.07) is 4.15. The maximum Gasteiger partial charge on any atom is 0.0717 e. The number of hydrogen-bond donors (Lipinski definition) is 0. The zero-order valence-electron chi connectivity index (χ0n) is 11.5. The normalized spacial score (nSPS) is 23.8. The third-order valence-electron chi connectivity index (χ3n) is 3.86. The Morgan fingerprint density at radius 3 is 2.83 bits per heavy atom. The minimum Gasteiger partial charge on any atom is -0.375 e. The SMILES string of the molecule is CCCOC1(CC)CC=C(c2cccnc2)CC1. The van der Waals surface area contributed by atoms with Gasteiger partial charge in [-0.3, -0.25) is 4.98 Å². The van der Waals surface area contributed by atoms with Gasteiger partial charge in [-0.15, -0.1) is 0 Å². The van der Waals surface area contributed by atoms with Gasteiger partial charge in [0.25, 0.3) is 0 Å². The van der Waals surface area contributed by atoms with Gasteiger partial charge in [0.2, 0.25) is 0 Å². The molecule has 1 heterocycles. The molecule has 0 radical (unpaired) electrons. The summed E-state index contributed by atoms with van der Waals surface area (Å²) in [6.07, 6.45) is 11.6. The Bertz CT molecular complexity index is 399. The first kappa shape index (κ1) is 13.3. The van der Waals surface area contributed by atoms with Gasteiger partial charge < -0.3 is 4.74 Å². The quantitative estimate of drug-likeness (QED) is 0.774. The van der Waals surface area contributed by atoms with Crippen molar-refractivity contribution >= 4 is 5.57 Å². The summed E-state index contributed by atoms with van der Waals surface area (Å²) >= 11 is 0. The number of ether oxygens (including phenoxy) is 1. The van der Waals surface area contributed by atoms with Crippen LogP contribution in [0.5, 0.6) is 0 Å². The van der Waals surface area contributed by atoms with Crippen LogP contribution in [0, 0.1) is 0 Å². The monoisotopic (exact) mass is 245 g/mol. The molecule has 1 aliphatic rings. The molecule has 1 aromatic rings. The molecule has 0 spiro atoms. The van der Waals surface area contributed by atoms with E-state index in [0.29, 0.717) is 0 Å². The summed E-state index contributed by atoms with van der Waals surface area (Å²) in [5, 5.41) is 0. The molecule has 1 aromatic heterocycles. The van der Waals surface area contributed by atoms with Gasteiger partial charge in [-0.1, -0.05) is 26.0 Å². The highest BCUT2D eigenvalue weighted by Crippen LogP contribution is 2.37. The minimum atomic E-state index is 0.0850. The van der Waals surface area contributed by atoms with Crippen molar-refractivity contribution in [2.24, 2.45) is 0 Å². The Hall–Kier alpha value is -1.15. The lowest BCUT2D eigenvalue weighted by Gasteiger charge is -2.36. The van der Waals surface area contributed by atoms with Crippen LogP contribution in [0.25, 0.3) is 5.57 Å². The number of rotatable bonds is 5.